The van der Waals surface area contributed by atoms with Crippen LogP contribution in [0.2, 0.25) is 10.0 Å². The van der Waals surface area contributed by atoms with Gasteiger partial charge in [-0.2, -0.15) is 0 Å². The Kier molecular flexibility index (Phi) is 11.3. The van der Waals surface area contributed by atoms with Crippen LogP contribution >= 0.6 is 92.8 Å². The number of benzene rings is 4. The maximum Gasteiger partial charge on any atom is 0.201 e. The molecule has 0 heterocycles. The molecule has 0 aromatic heterocycles. The van der Waals surface area contributed by atoms with Gasteiger partial charge in [-0.15, -0.1) is 0 Å². The standard InChI is InChI=1S/2C14H9Cl4F/c2*15-11-5-1-9(2-6-11)13(14(16,17)18)10-3-7-12(19)8-4-10/h2*1-8,13H/t2*13-/m11/s1. The van der Waals surface area contributed by atoms with E-state index in [2.05, 4.69) is 0 Å². The second-order valence-electron chi connectivity index (χ2n) is 8.16. The van der Waals surface area contributed by atoms with Crippen molar-refractivity contribution in [2.24, 2.45) is 0 Å². The zero-order valence-corrected chi connectivity index (χ0v) is 25.2. The van der Waals surface area contributed by atoms with Gasteiger partial charge >= 0.3 is 0 Å². The molecule has 0 aliphatic carbocycles. The SMILES string of the molecule is Fc1ccc([C@@H](c2ccc(Cl)cc2)C(Cl)(Cl)Cl)cc1.Fc1ccc([C@@H](c2ccc(Cl)cc2)C(Cl)(Cl)Cl)cc1. The van der Waals surface area contributed by atoms with E-state index in [0.717, 1.165) is 22.3 Å². The van der Waals surface area contributed by atoms with E-state index in [4.69, 9.17) is 92.8 Å². The fraction of sp³-hybridized carbons (Fsp3) is 0.143. The predicted octanol–water partition coefficient (Wildman–Crippen LogP) is 12.0. The van der Waals surface area contributed by atoms with E-state index in [9.17, 15) is 8.78 Å². The van der Waals surface area contributed by atoms with Crippen molar-refractivity contribution in [2.45, 2.75) is 19.4 Å². The highest BCUT2D eigenvalue weighted by Crippen LogP contribution is 2.46. The maximum absolute atomic E-state index is 13.0. The van der Waals surface area contributed by atoms with Crippen LogP contribution in [0.15, 0.2) is 97.1 Å². The molecule has 10 heteroatoms. The molecule has 0 saturated heterocycles. The molecule has 4 rings (SSSR count). The van der Waals surface area contributed by atoms with Gasteiger partial charge in [-0.3, -0.25) is 0 Å². The number of alkyl halides is 6. The normalized spacial score (nSPS) is 13.3. The van der Waals surface area contributed by atoms with Crippen LogP contribution in [-0.4, -0.2) is 7.59 Å². The number of halogens is 10. The van der Waals surface area contributed by atoms with Crippen molar-refractivity contribution in [1.82, 2.24) is 0 Å². The summed E-state index contributed by atoms with van der Waals surface area (Å²) >= 11 is 48.0. The monoisotopic (exact) mass is 672 g/mol. The molecule has 4 aromatic carbocycles. The van der Waals surface area contributed by atoms with Crippen LogP contribution in [0.1, 0.15) is 34.1 Å². The quantitative estimate of drug-likeness (QED) is 0.189. The van der Waals surface area contributed by atoms with Gasteiger partial charge in [-0.1, -0.05) is 141 Å². The van der Waals surface area contributed by atoms with Crippen molar-refractivity contribution in [1.29, 1.82) is 0 Å². The first-order chi connectivity index (χ1) is 17.8. The zero-order valence-electron chi connectivity index (χ0n) is 19.2. The average Bonchev–Trinajstić information content (AvgIpc) is 2.83. The molecule has 0 aliphatic heterocycles. The average molecular weight is 676 g/mol. The molecule has 0 fully saturated rings. The molecule has 0 amide bonds. The van der Waals surface area contributed by atoms with Crippen molar-refractivity contribution >= 4 is 92.8 Å². The van der Waals surface area contributed by atoms with E-state index >= 15 is 0 Å². The molecule has 200 valence electrons. The molecule has 0 nitrogen and oxygen atoms in total. The van der Waals surface area contributed by atoms with Gasteiger partial charge in [0.1, 0.15) is 11.6 Å². The Hall–Kier alpha value is -0.940. The lowest BCUT2D eigenvalue weighted by molar-refractivity contribution is 0.625. The van der Waals surface area contributed by atoms with Crippen LogP contribution in [0, 0.1) is 11.6 Å². The number of hydrogen-bond donors (Lipinski definition) is 0. The molecule has 0 unspecified atom stereocenters. The summed E-state index contributed by atoms with van der Waals surface area (Å²) < 4.78 is 22.9. The van der Waals surface area contributed by atoms with Crippen molar-refractivity contribution in [3.63, 3.8) is 0 Å². The highest BCUT2D eigenvalue weighted by molar-refractivity contribution is 6.68. The van der Waals surface area contributed by atoms with E-state index in [1.54, 1.807) is 72.8 Å². The third-order valence-electron chi connectivity index (χ3n) is 5.47. The molecule has 38 heavy (non-hydrogen) atoms. The van der Waals surface area contributed by atoms with E-state index in [-0.39, 0.29) is 11.6 Å². The summed E-state index contributed by atoms with van der Waals surface area (Å²) in [5, 5.41) is 1.21. The van der Waals surface area contributed by atoms with Gasteiger partial charge in [0.15, 0.2) is 0 Å². The van der Waals surface area contributed by atoms with E-state index in [0.29, 0.717) is 10.0 Å². The van der Waals surface area contributed by atoms with Crippen molar-refractivity contribution in [2.75, 3.05) is 0 Å². The van der Waals surface area contributed by atoms with Gasteiger partial charge in [-0.05, 0) is 70.8 Å². The molecule has 0 radical (unpaired) electrons. The van der Waals surface area contributed by atoms with Gasteiger partial charge in [0.25, 0.3) is 0 Å². The summed E-state index contributed by atoms with van der Waals surface area (Å²) in [5.74, 6) is -1.64. The summed E-state index contributed by atoms with van der Waals surface area (Å²) in [4.78, 5) is 0. The van der Waals surface area contributed by atoms with Gasteiger partial charge in [0.05, 0.1) is 11.8 Å². The Morgan fingerprint density at radius 1 is 0.395 bits per heavy atom. The zero-order chi connectivity index (χ0) is 28.1. The Morgan fingerprint density at radius 2 is 0.605 bits per heavy atom. The minimum Gasteiger partial charge on any atom is -0.207 e. The van der Waals surface area contributed by atoms with Crippen LogP contribution in [-0.2, 0) is 0 Å². The van der Waals surface area contributed by atoms with Gasteiger partial charge < -0.3 is 0 Å². The first-order valence-corrected chi connectivity index (χ1v) is 13.9. The van der Waals surface area contributed by atoms with Gasteiger partial charge in [0.2, 0.25) is 7.59 Å². The highest BCUT2D eigenvalue weighted by Gasteiger charge is 2.36. The first kappa shape index (κ1) is 31.6. The third-order valence-corrected chi connectivity index (χ3v) is 7.28. The Bertz CT molecular complexity index is 1100. The van der Waals surface area contributed by atoms with E-state index in [1.165, 1.54) is 24.3 Å². The predicted molar refractivity (Wildman–Crippen MR) is 160 cm³/mol. The molecule has 2 atom stereocenters. The summed E-state index contributed by atoms with van der Waals surface area (Å²) in [6, 6.07) is 25.9. The summed E-state index contributed by atoms with van der Waals surface area (Å²) in [7, 11) is 0. The lowest BCUT2D eigenvalue weighted by atomic mass is 9.92. The van der Waals surface area contributed by atoms with Crippen LogP contribution in [0.3, 0.4) is 0 Å². The lowest BCUT2D eigenvalue weighted by Gasteiger charge is -2.25. The van der Waals surface area contributed by atoms with Crippen LogP contribution < -0.4 is 0 Å². The molecule has 0 spiro atoms. The molecule has 4 aromatic rings. The Balaban J connectivity index is 0.000000211. The molecular formula is C28H18Cl8F2. The first-order valence-electron chi connectivity index (χ1n) is 10.9. The maximum atomic E-state index is 13.0. The molecule has 0 aliphatic rings. The molecule has 0 bridgehead atoms. The summed E-state index contributed by atoms with van der Waals surface area (Å²) in [6.07, 6.45) is 0. The van der Waals surface area contributed by atoms with Crippen molar-refractivity contribution in [3.8, 4) is 0 Å². The Morgan fingerprint density at radius 3 is 0.816 bits per heavy atom. The Labute approximate surface area is 260 Å². The minimum atomic E-state index is -1.54. The van der Waals surface area contributed by atoms with Crippen LogP contribution in [0.5, 0.6) is 0 Å². The van der Waals surface area contributed by atoms with Gasteiger partial charge in [-0.25, -0.2) is 8.78 Å². The molecular weight excluding hydrogens is 658 g/mol. The lowest BCUT2D eigenvalue weighted by Crippen LogP contribution is -2.18. The van der Waals surface area contributed by atoms with Crippen molar-refractivity contribution in [3.05, 3.63) is 141 Å². The van der Waals surface area contributed by atoms with E-state index in [1.807, 2.05) is 0 Å². The highest BCUT2D eigenvalue weighted by atomic mass is 35.6. The smallest absolute Gasteiger partial charge is 0.201 e. The topological polar surface area (TPSA) is 0 Å². The second-order valence-corrected chi connectivity index (χ2v) is 13.8. The van der Waals surface area contributed by atoms with Crippen LogP contribution in [0.25, 0.3) is 0 Å². The second kappa shape index (κ2) is 13.6. The van der Waals surface area contributed by atoms with Gasteiger partial charge in [0, 0.05) is 10.0 Å². The molecule has 0 saturated carbocycles. The van der Waals surface area contributed by atoms with Crippen molar-refractivity contribution < 1.29 is 8.78 Å². The fourth-order valence-corrected chi connectivity index (χ4v) is 5.53. The van der Waals surface area contributed by atoms with E-state index < -0.39 is 19.4 Å². The summed E-state index contributed by atoms with van der Waals surface area (Å²) in [5.41, 5.74) is 3.06. The number of hydrogen-bond acceptors (Lipinski definition) is 0. The minimum absolute atomic E-state index is 0.331. The fourth-order valence-electron chi connectivity index (χ4n) is 3.76. The third kappa shape index (κ3) is 9.04. The largest absolute Gasteiger partial charge is 0.207 e. The number of rotatable bonds is 4. The summed E-state index contributed by atoms with van der Waals surface area (Å²) in [6.45, 7) is 0. The van der Waals surface area contributed by atoms with Crippen LogP contribution in [0.4, 0.5) is 8.78 Å². The molecule has 0 N–H and O–H groups in total.